The fourth-order valence-corrected chi connectivity index (χ4v) is 4.97. The zero-order valence-corrected chi connectivity index (χ0v) is 11.5. The highest BCUT2D eigenvalue weighted by molar-refractivity contribution is 7.10. The molecular formula is C14H19ClOS. The molecule has 2 fully saturated rings. The first kappa shape index (κ1) is 12.0. The van der Waals surface area contributed by atoms with Crippen molar-refractivity contribution in [1.29, 1.82) is 0 Å². The summed E-state index contributed by atoms with van der Waals surface area (Å²) in [4.78, 5) is 1.14. The minimum atomic E-state index is -0.199. The number of thiophene rings is 1. The lowest BCUT2D eigenvalue weighted by Crippen LogP contribution is -2.20. The molecule has 0 saturated heterocycles. The Morgan fingerprint density at radius 1 is 1.41 bits per heavy atom. The smallest absolute Gasteiger partial charge is 0.0591 e. The van der Waals surface area contributed by atoms with Gasteiger partial charge >= 0.3 is 0 Å². The van der Waals surface area contributed by atoms with E-state index in [0.29, 0.717) is 0 Å². The Morgan fingerprint density at radius 3 is 2.88 bits per heavy atom. The number of halogens is 1. The van der Waals surface area contributed by atoms with Crippen molar-refractivity contribution in [2.24, 2.45) is 17.8 Å². The summed E-state index contributed by atoms with van der Waals surface area (Å²) in [6.07, 6.45) is 7.16. The molecule has 2 aliphatic rings. The summed E-state index contributed by atoms with van der Waals surface area (Å²) < 4.78 is 0. The normalized spacial score (nSPS) is 33.2. The van der Waals surface area contributed by atoms with Gasteiger partial charge in [0.25, 0.3) is 0 Å². The van der Waals surface area contributed by atoms with Gasteiger partial charge in [0.1, 0.15) is 0 Å². The average molecular weight is 271 g/mol. The standard InChI is InChI=1S/C14H19ClOS/c15-13-3-4-17-14(13)8-12(16)7-11-6-9-1-2-10(11)5-9/h3-4,9-12,16H,1-2,5-8H2. The first-order valence-electron chi connectivity index (χ1n) is 6.62. The second-order valence-corrected chi connectivity index (χ2v) is 7.13. The van der Waals surface area contributed by atoms with Gasteiger partial charge in [0.2, 0.25) is 0 Å². The van der Waals surface area contributed by atoms with Gasteiger partial charge in [-0.05, 0) is 54.9 Å². The van der Waals surface area contributed by atoms with Crippen LogP contribution in [-0.2, 0) is 6.42 Å². The van der Waals surface area contributed by atoms with Gasteiger partial charge < -0.3 is 5.11 Å². The van der Waals surface area contributed by atoms with Crippen molar-refractivity contribution >= 4 is 22.9 Å². The van der Waals surface area contributed by atoms with Crippen LogP contribution in [0.15, 0.2) is 11.4 Å². The van der Waals surface area contributed by atoms with E-state index in [1.54, 1.807) is 11.3 Å². The topological polar surface area (TPSA) is 20.2 Å². The Balaban J connectivity index is 1.54. The zero-order valence-electron chi connectivity index (χ0n) is 9.94. The minimum Gasteiger partial charge on any atom is -0.393 e. The Kier molecular flexibility index (Phi) is 3.47. The van der Waals surface area contributed by atoms with Crippen molar-refractivity contribution in [1.82, 2.24) is 0 Å². The quantitative estimate of drug-likeness (QED) is 0.872. The Hall–Kier alpha value is -0.0500. The van der Waals surface area contributed by atoms with Crippen LogP contribution in [0.1, 0.15) is 37.0 Å². The van der Waals surface area contributed by atoms with E-state index in [1.165, 1.54) is 25.7 Å². The monoisotopic (exact) mass is 270 g/mol. The molecule has 1 N–H and O–H groups in total. The van der Waals surface area contributed by atoms with Gasteiger partial charge in [-0.15, -0.1) is 11.3 Å². The minimum absolute atomic E-state index is 0.199. The van der Waals surface area contributed by atoms with Crippen LogP contribution in [0.5, 0.6) is 0 Å². The molecule has 1 aromatic heterocycles. The van der Waals surface area contributed by atoms with E-state index >= 15 is 0 Å². The van der Waals surface area contributed by atoms with Crippen molar-refractivity contribution in [3.8, 4) is 0 Å². The Bertz CT molecular complexity index is 389. The third kappa shape index (κ3) is 2.54. The SMILES string of the molecule is OC(Cc1sccc1Cl)CC1CC2CCC1C2. The molecule has 0 aliphatic heterocycles. The molecule has 1 aromatic rings. The van der Waals surface area contributed by atoms with E-state index in [2.05, 4.69) is 0 Å². The molecule has 4 atom stereocenters. The third-order valence-corrected chi connectivity index (χ3v) is 5.98. The van der Waals surface area contributed by atoms with Crippen molar-refractivity contribution in [3.05, 3.63) is 21.3 Å². The van der Waals surface area contributed by atoms with Crippen LogP contribution in [0.3, 0.4) is 0 Å². The summed E-state index contributed by atoms with van der Waals surface area (Å²) in [5, 5.41) is 13.0. The largest absolute Gasteiger partial charge is 0.393 e. The molecule has 3 rings (SSSR count). The van der Waals surface area contributed by atoms with Crippen molar-refractivity contribution in [2.75, 3.05) is 0 Å². The summed E-state index contributed by atoms with van der Waals surface area (Å²) in [6.45, 7) is 0. The highest BCUT2D eigenvalue weighted by atomic mass is 35.5. The van der Waals surface area contributed by atoms with Crippen LogP contribution in [0.4, 0.5) is 0 Å². The van der Waals surface area contributed by atoms with Crippen molar-refractivity contribution in [3.63, 3.8) is 0 Å². The molecule has 0 amide bonds. The molecule has 2 bridgehead atoms. The number of rotatable bonds is 4. The number of fused-ring (bicyclic) bond motifs is 2. The Labute approximate surface area is 112 Å². The van der Waals surface area contributed by atoms with Crippen LogP contribution in [0.25, 0.3) is 0 Å². The summed E-state index contributed by atoms with van der Waals surface area (Å²) in [5.74, 6) is 2.67. The maximum Gasteiger partial charge on any atom is 0.0591 e. The molecule has 0 radical (unpaired) electrons. The van der Waals surface area contributed by atoms with Crippen LogP contribution >= 0.6 is 22.9 Å². The number of aliphatic hydroxyl groups is 1. The lowest BCUT2D eigenvalue weighted by molar-refractivity contribution is 0.125. The summed E-state index contributed by atoms with van der Waals surface area (Å²) in [6, 6.07) is 1.92. The first-order valence-corrected chi connectivity index (χ1v) is 7.88. The fourth-order valence-electron chi connectivity index (χ4n) is 3.78. The van der Waals surface area contributed by atoms with E-state index in [0.717, 1.165) is 40.5 Å². The van der Waals surface area contributed by atoms with Crippen LogP contribution in [-0.4, -0.2) is 11.2 Å². The maximum atomic E-state index is 10.2. The van der Waals surface area contributed by atoms with Gasteiger partial charge in [0, 0.05) is 11.3 Å². The molecule has 2 saturated carbocycles. The van der Waals surface area contributed by atoms with Gasteiger partial charge in [-0.3, -0.25) is 0 Å². The highest BCUT2D eigenvalue weighted by Crippen LogP contribution is 2.50. The summed E-state index contributed by atoms with van der Waals surface area (Å²) in [5.41, 5.74) is 0. The number of aliphatic hydroxyl groups excluding tert-OH is 1. The zero-order chi connectivity index (χ0) is 11.8. The van der Waals surface area contributed by atoms with Gasteiger partial charge in [-0.2, -0.15) is 0 Å². The summed E-state index contributed by atoms with van der Waals surface area (Å²) >= 11 is 7.72. The second-order valence-electron chi connectivity index (χ2n) is 5.72. The highest BCUT2D eigenvalue weighted by Gasteiger charge is 2.39. The van der Waals surface area contributed by atoms with Crippen LogP contribution < -0.4 is 0 Å². The van der Waals surface area contributed by atoms with Gasteiger partial charge in [-0.25, -0.2) is 0 Å². The molecule has 0 spiro atoms. The predicted octanol–water partition coefficient (Wildman–Crippen LogP) is 4.13. The Morgan fingerprint density at radius 2 is 2.29 bits per heavy atom. The van der Waals surface area contributed by atoms with Crippen LogP contribution in [0.2, 0.25) is 5.02 Å². The molecular weight excluding hydrogens is 252 g/mol. The fraction of sp³-hybridized carbons (Fsp3) is 0.714. The van der Waals surface area contributed by atoms with E-state index in [1.807, 2.05) is 11.4 Å². The predicted molar refractivity (Wildman–Crippen MR) is 72.6 cm³/mol. The van der Waals surface area contributed by atoms with E-state index in [-0.39, 0.29) is 6.10 Å². The van der Waals surface area contributed by atoms with Crippen molar-refractivity contribution in [2.45, 2.75) is 44.6 Å². The molecule has 1 nitrogen and oxygen atoms in total. The first-order chi connectivity index (χ1) is 8.22. The summed E-state index contributed by atoms with van der Waals surface area (Å²) in [7, 11) is 0. The third-order valence-electron chi connectivity index (χ3n) is 4.57. The lowest BCUT2D eigenvalue weighted by atomic mass is 9.84. The molecule has 17 heavy (non-hydrogen) atoms. The van der Waals surface area contributed by atoms with Gasteiger partial charge in [-0.1, -0.05) is 18.0 Å². The van der Waals surface area contributed by atoms with Crippen molar-refractivity contribution < 1.29 is 5.11 Å². The average Bonchev–Trinajstić information content (AvgIpc) is 2.96. The molecule has 94 valence electrons. The van der Waals surface area contributed by atoms with Gasteiger partial charge in [0.15, 0.2) is 0 Å². The molecule has 0 aromatic carbocycles. The van der Waals surface area contributed by atoms with E-state index < -0.39 is 0 Å². The van der Waals surface area contributed by atoms with E-state index in [4.69, 9.17) is 11.6 Å². The number of hydrogen-bond acceptors (Lipinski definition) is 2. The molecule has 3 heteroatoms. The molecule has 2 aliphatic carbocycles. The van der Waals surface area contributed by atoms with Crippen LogP contribution in [0, 0.1) is 17.8 Å². The lowest BCUT2D eigenvalue weighted by Gasteiger charge is -2.24. The second kappa shape index (κ2) is 4.91. The number of hydrogen-bond donors (Lipinski definition) is 1. The van der Waals surface area contributed by atoms with E-state index in [9.17, 15) is 5.11 Å². The van der Waals surface area contributed by atoms with Gasteiger partial charge in [0.05, 0.1) is 11.1 Å². The molecule has 4 unspecified atom stereocenters. The molecule has 1 heterocycles. The maximum absolute atomic E-state index is 10.2.